The molecule has 0 aliphatic rings. The lowest BCUT2D eigenvalue weighted by Gasteiger charge is -2.15. The highest BCUT2D eigenvalue weighted by molar-refractivity contribution is 7.98. The van der Waals surface area contributed by atoms with Crippen LogP contribution in [0.3, 0.4) is 0 Å². The van der Waals surface area contributed by atoms with E-state index in [0.717, 1.165) is 11.3 Å². The SMILES string of the molecule is CNC(CSC)c1ccc(F)c(C)c1. The van der Waals surface area contributed by atoms with Crippen LogP contribution in [0.4, 0.5) is 4.39 Å². The third-order valence-electron chi connectivity index (χ3n) is 2.27. The summed E-state index contributed by atoms with van der Waals surface area (Å²) in [6, 6.07) is 5.60. The van der Waals surface area contributed by atoms with Crippen molar-refractivity contribution in [1.82, 2.24) is 5.32 Å². The maximum Gasteiger partial charge on any atom is 0.126 e. The Kier molecular flexibility index (Phi) is 4.42. The molecule has 0 saturated carbocycles. The zero-order chi connectivity index (χ0) is 10.6. The maximum absolute atomic E-state index is 13.0. The fourth-order valence-electron chi connectivity index (χ4n) is 1.40. The summed E-state index contributed by atoms with van der Waals surface area (Å²) in [5, 5.41) is 3.22. The highest BCUT2D eigenvalue weighted by atomic mass is 32.2. The Morgan fingerprint density at radius 2 is 2.21 bits per heavy atom. The molecule has 0 aliphatic carbocycles. The van der Waals surface area contributed by atoms with Crippen molar-refractivity contribution in [3.8, 4) is 0 Å². The van der Waals surface area contributed by atoms with Crippen LogP contribution in [-0.4, -0.2) is 19.1 Å². The summed E-state index contributed by atoms with van der Waals surface area (Å²) in [6.45, 7) is 1.80. The zero-order valence-corrected chi connectivity index (χ0v) is 9.62. The van der Waals surface area contributed by atoms with E-state index in [2.05, 4.69) is 11.6 Å². The van der Waals surface area contributed by atoms with Crippen molar-refractivity contribution in [2.75, 3.05) is 19.1 Å². The van der Waals surface area contributed by atoms with Crippen LogP contribution in [-0.2, 0) is 0 Å². The highest BCUT2D eigenvalue weighted by Crippen LogP contribution is 2.19. The molecule has 0 radical (unpaired) electrons. The standard InChI is InChI=1S/C11H16FNS/c1-8-6-9(4-5-10(8)12)11(13-2)7-14-3/h4-6,11,13H,7H2,1-3H3. The van der Waals surface area contributed by atoms with Crippen LogP contribution in [0.1, 0.15) is 17.2 Å². The summed E-state index contributed by atoms with van der Waals surface area (Å²) in [5.74, 6) is 0.870. The van der Waals surface area contributed by atoms with E-state index in [1.165, 1.54) is 6.07 Å². The molecule has 0 bridgehead atoms. The van der Waals surface area contributed by atoms with Gasteiger partial charge in [-0.3, -0.25) is 0 Å². The van der Waals surface area contributed by atoms with Gasteiger partial charge in [0.1, 0.15) is 5.82 Å². The number of aryl methyl sites for hydroxylation is 1. The monoisotopic (exact) mass is 213 g/mol. The molecule has 0 aliphatic heterocycles. The lowest BCUT2D eigenvalue weighted by molar-refractivity contribution is 0.611. The molecule has 1 aromatic rings. The molecule has 0 spiro atoms. The van der Waals surface area contributed by atoms with E-state index in [9.17, 15) is 4.39 Å². The lowest BCUT2D eigenvalue weighted by Crippen LogP contribution is -2.18. The molecule has 1 atom stereocenters. The van der Waals surface area contributed by atoms with Gasteiger partial charge in [0.15, 0.2) is 0 Å². The first-order valence-corrected chi connectivity index (χ1v) is 6.00. The van der Waals surface area contributed by atoms with E-state index in [-0.39, 0.29) is 5.82 Å². The number of hydrogen-bond donors (Lipinski definition) is 1. The largest absolute Gasteiger partial charge is 0.312 e. The van der Waals surface area contributed by atoms with E-state index < -0.39 is 0 Å². The summed E-state index contributed by atoms with van der Waals surface area (Å²) in [4.78, 5) is 0. The first-order valence-electron chi connectivity index (χ1n) is 4.61. The minimum atomic E-state index is -0.132. The Morgan fingerprint density at radius 3 is 2.71 bits per heavy atom. The van der Waals surface area contributed by atoms with Gasteiger partial charge in [-0.2, -0.15) is 11.8 Å². The van der Waals surface area contributed by atoms with Crippen LogP contribution < -0.4 is 5.32 Å². The second-order valence-electron chi connectivity index (χ2n) is 3.31. The van der Waals surface area contributed by atoms with Crippen molar-refractivity contribution < 1.29 is 4.39 Å². The molecule has 0 saturated heterocycles. The zero-order valence-electron chi connectivity index (χ0n) is 8.80. The predicted octanol–water partition coefficient (Wildman–Crippen LogP) is 2.76. The van der Waals surface area contributed by atoms with E-state index in [4.69, 9.17) is 0 Å². The first kappa shape index (κ1) is 11.5. The Bertz CT molecular complexity index is 301. The topological polar surface area (TPSA) is 12.0 Å². The van der Waals surface area contributed by atoms with Gasteiger partial charge in [-0.05, 0) is 37.4 Å². The van der Waals surface area contributed by atoms with E-state index in [1.54, 1.807) is 18.7 Å². The van der Waals surface area contributed by atoms with Gasteiger partial charge in [-0.25, -0.2) is 4.39 Å². The Hall–Kier alpha value is -0.540. The molecule has 0 aromatic heterocycles. The Labute approximate surface area is 89.1 Å². The maximum atomic E-state index is 13.0. The molecule has 1 unspecified atom stereocenters. The summed E-state index contributed by atoms with van der Waals surface area (Å²) in [6.07, 6.45) is 2.07. The van der Waals surface area contributed by atoms with Crippen LogP contribution in [0.2, 0.25) is 0 Å². The van der Waals surface area contributed by atoms with Gasteiger partial charge >= 0.3 is 0 Å². The number of halogens is 1. The van der Waals surface area contributed by atoms with E-state index in [1.807, 2.05) is 19.2 Å². The van der Waals surface area contributed by atoms with Crippen molar-refractivity contribution >= 4 is 11.8 Å². The lowest BCUT2D eigenvalue weighted by atomic mass is 10.1. The van der Waals surface area contributed by atoms with Gasteiger partial charge in [-0.1, -0.05) is 12.1 Å². The molecule has 0 amide bonds. The molecule has 14 heavy (non-hydrogen) atoms. The molecule has 1 nitrogen and oxygen atoms in total. The number of hydrogen-bond acceptors (Lipinski definition) is 2. The Morgan fingerprint density at radius 1 is 1.50 bits per heavy atom. The van der Waals surface area contributed by atoms with Crippen LogP contribution in [0.15, 0.2) is 18.2 Å². The number of rotatable bonds is 4. The average molecular weight is 213 g/mol. The molecule has 3 heteroatoms. The molecule has 0 fully saturated rings. The summed E-state index contributed by atoms with van der Waals surface area (Å²) >= 11 is 1.78. The van der Waals surface area contributed by atoms with Crippen molar-refractivity contribution in [2.45, 2.75) is 13.0 Å². The van der Waals surface area contributed by atoms with Crippen LogP contribution in [0, 0.1) is 12.7 Å². The van der Waals surface area contributed by atoms with Crippen LogP contribution in [0.25, 0.3) is 0 Å². The van der Waals surface area contributed by atoms with Crippen LogP contribution >= 0.6 is 11.8 Å². The van der Waals surface area contributed by atoms with Crippen molar-refractivity contribution in [3.63, 3.8) is 0 Å². The van der Waals surface area contributed by atoms with Gasteiger partial charge in [0.05, 0.1) is 0 Å². The smallest absolute Gasteiger partial charge is 0.126 e. The second-order valence-corrected chi connectivity index (χ2v) is 4.22. The third kappa shape index (κ3) is 2.72. The van der Waals surface area contributed by atoms with Gasteiger partial charge < -0.3 is 5.32 Å². The molecular formula is C11H16FNS. The summed E-state index contributed by atoms with van der Waals surface area (Å²) in [5.41, 5.74) is 1.87. The van der Waals surface area contributed by atoms with Crippen molar-refractivity contribution in [3.05, 3.63) is 35.1 Å². The normalized spacial score (nSPS) is 12.9. The number of nitrogens with one attached hydrogen (secondary N) is 1. The molecule has 1 N–H and O–H groups in total. The van der Waals surface area contributed by atoms with Crippen LogP contribution in [0.5, 0.6) is 0 Å². The van der Waals surface area contributed by atoms with Gasteiger partial charge in [0.2, 0.25) is 0 Å². The quantitative estimate of drug-likeness (QED) is 0.825. The Balaban J connectivity index is 2.88. The van der Waals surface area contributed by atoms with E-state index >= 15 is 0 Å². The third-order valence-corrected chi connectivity index (χ3v) is 2.93. The fraction of sp³-hybridized carbons (Fsp3) is 0.455. The van der Waals surface area contributed by atoms with E-state index in [0.29, 0.717) is 11.6 Å². The minimum absolute atomic E-state index is 0.132. The summed E-state index contributed by atoms with van der Waals surface area (Å²) in [7, 11) is 1.93. The number of thioether (sulfide) groups is 1. The molecule has 0 heterocycles. The second kappa shape index (κ2) is 5.37. The van der Waals surface area contributed by atoms with Gasteiger partial charge in [-0.15, -0.1) is 0 Å². The van der Waals surface area contributed by atoms with Gasteiger partial charge in [0, 0.05) is 11.8 Å². The van der Waals surface area contributed by atoms with Crippen molar-refractivity contribution in [2.24, 2.45) is 0 Å². The summed E-state index contributed by atoms with van der Waals surface area (Å²) < 4.78 is 13.0. The average Bonchev–Trinajstić information content (AvgIpc) is 2.19. The molecule has 1 rings (SSSR count). The fourth-order valence-corrected chi connectivity index (χ4v) is 2.09. The first-order chi connectivity index (χ1) is 6.69. The molecular weight excluding hydrogens is 197 g/mol. The molecule has 1 aromatic carbocycles. The predicted molar refractivity (Wildman–Crippen MR) is 61.3 cm³/mol. The van der Waals surface area contributed by atoms with Gasteiger partial charge in [0.25, 0.3) is 0 Å². The molecule has 78 valence electrons. The number of benzene rings is 1. The van der Waals surface area contributed by atoms with Crippen molar-refractivity contribution in [1.29, 1.82) is 0 Å². The highest BCUT2D eigenvalue weighted by Gasteiger charge is 2.09. The minimum Gasteiger partial charge on any atom is -0.312 e.